The summed E-state index contributed by atoms with van der Waals surface area (Å²) in [4.78, 5) is 0. The van der Waals surface area contributed by atoms with Crippen LogP contribution in [0.15, 0.2) is 42.5 Å². The van der Waals surface area contributed by atoms with Crippen molar-refractivity contribution >= 4 is 5.69 Å². The zero-order valence-corrected chi connectivity index (χ0v) is 11.9. The Morgan fingerprint density at radius 2 is 1.91 bits per heavy atom. The number of fused-ring (bicyclic) bond motifs is 1. The molecular formula is C17H13F3N2O. The molecule has 2 N–H and O–H groups in total. The summed E-state index contributed by atoms with van der Waals surface area (Å²) in [6, 6.07) is 11.8. The number of anilines is 1. The highest BCUT2D eigenvalue weighted by molar-refractivity contribution is 5.61. The van der Waals surface area contributed by atoms with Crippen LogP contribution in [0.3, 0.4) is 0 Å². The Labute approximate surface area is 131 Å². The molecule has 118 valence electrons. The third-order valence-electron chi connectivity index (χ3n) is 3.98. The number of nitrogens with one attached hydrogen (secondary N) is 1. The Morgan fingerprint density at radius 1 is 1.17 bits per heavy atom. The number of nitrogens with zero attached hydrogens (tertiary/aromatic N) is 1. The smallest absolute Gasteiger partial charge is 0.390 e. The first-order chi connectivity index (χ1) is 10.9. The minimum atomic E-state index is -4.50. The minimum absolute atomic E-state index is 0.101. The molecule has 2 aromatic carbocycles. The number of benzene rings is 2. The molecule has 23 heavy (non-hydrogen) atoms. The number of nitriles is 1. The molecule has 2 aromatic rings. The van der Waals surface area contributed by atoms with Gasteiger partial charge in [-0.15, -0.1) is 0 Å². The maximum Gasteiger partial charge on any atom is 0.416 e. The van der Waals surface area contributed by atoms with Crippen LogP contribution in [0.5, 0.6) is 0 Å². The molecule has 0 aromatic heterocycles. The van der Waals surface area contributed by atoms with Crippen molar-refractivity contribution in [2.24, 2.45) is 0 Å². The van der Waals surface area contributed by atoms with Crippen LogP contribution in [-0.4, -0.2) is 11.2 Å². The van der Waals surface area contributed by atoms with Gasteiger partial charge in [-0.1, -0.05) is 24.3 Å². The van der Waals surface area contributed by atoms with Crippen LogP contribution in [0.4, 0.5) is 18.9 Å². The van der Waals surface area contributed by atoms with Crippen molar-refractivity contribution in [2.75, 3.05) is 5.32 Å². The highest BCUT2D eigenvalue weighted by Crippen LogP contribution is 2.36. The molecule has 0 unspecified atom stereocenters. The lowest BCUT2D eigenvalue weighted by atomic mass is 10.0. The van der Waals surface area contributed by atoms with Gasteiger partial charge in [0.1, 0.15) is 6.07 Å². The average molecular weight is 318 g/mol. The summed E-state index contributed by atoms with van der Waals surface area (Å²) in [6.07, 6.45) is -4.72. The molecule has 0 amide bonds. The van der Waals surface area contributed by atoms with E-state index in [9.17, 15) is 18.3 Å². The molecule has 0 fully saturated rings. The van der Waals surface area contributed by atoms with Gasteiger partial charge in [-0.2, -0.15) is 18.4 Å². The van der Waals surface area contributed by atoms with Crippen molar-refractivity contribution in [3.8, 4) is 6.07 Å². The van der Waals surface area contributed by atoms with Gasteiger partial charge in [0.25, 0.3) is 0 Å². The van der Waals surface area contributed by atoms with Gasteiger partial charge >= 0.3 is 6.18 Å². The van der Waals surface area contributed by atoms with Crippen LogP contribution in [-0.2, 0) is 12.6 Å². The molecule has 3 rings (SSSR count). The molecule has 1 aliphatic rings. The molecule has 0 aliphatic heterocycles. The van der Waals surface area contributed by atoms with Gasteiger partial charge in [0.05, 0.1) is 29.0 Å². The van der Waals surface area contributed by atoms with Gasteiger partial charge in [-0.25, -0.2) is 0 Å². The lowest BCUT2D eigenvalue weighted by Crippen LogP contribution is -2.21. The van der Waals surface area contributed by atoms with Crippen LogP contribution in [0, 0.1) is 11.3 Å². The standard InChI is InChI=1S/C17H13F3N2O/c18-17(19,20)12-5-6-14(11(7-12)9-21)22-16-13-4-2-1-3-10(13)8-15(16)23/h1-7,15-16,22-23H,8H2/t15-,16+/m1/s1. The van der Waals surface area contributed by atoms with Gasteiger partial charge in [0.2, 0.25) is 0 Å². The van der Waals surface area contributed by atoms with E-state index in [0.717, 1.165) is 23.3 Å². The largest absolute Gasteiger partial charge is 0.416 e. The van der Waals surface area contributed by atoms with Gasteiger partial charge < -0.3 is 10.4 Å². The Hall–Kier alpha value is -2.52. The molecule has 3 nitrogen and oxygen atoms in total. The van der Waals surface area contributed by atoms with E-state index < -0.39 is 23.9 Å². The zero-order valence-electron chi connectivity index (χ0n) is 11.9. The van der Waals surface area contributed by atoms with E-state index in [1.807, 2.05) is 24.3 Å². The minimum Gasteiger partial charge on any atom is -0.390 e. The van der Waals surface area contributed by atoms with Gasteiger partial charge in [-0.3, -0.25) is 0 Å². The number of hydrogen-bond acceptors (Lipinski definition) is 3. The molecular weight excluding hydrogens is 305 g/mol. The highest BCUT2D eigenvalue weighted by atomic mass is 19.4. The first kappa shape index (κ1) is 15.4. The van der Waals surface area contributed by atoms with Crippen LogP contribution in [0.2, 0.25) is 0 Å². The summed E-state index contributed by atoms with van der Waals surface area (Å²) in [5.41, 5.74) is 1.19. The topological polar surface area (TPSA) is 56.0 Å². The summed E-state index contributed by atoms with van der Waals surface area (Å²) < 4.78 is 38.2. The number of alkyl halides is 3. The molecule has 0 bridgehead atoms. The van der Waals surface area contributed by atoms with Crippen molar-refractivity contribution < 1.29 is 18.3 Å². The van der Waals surface area contributed by atoms with Crippen LogP contribution in [0.1, 0.15) is 28.3 Å². The molecule has 6 heteroatoms. The first-order valence-electron chi connectivity index (χ1n) is 7.04. The number of hydrogen-bond donors (Lipinski definition) is 2. The fourth-order valence-corrected chi connectivity index (χ4v) is 2.85. The second kappa shape index (κ2) is 5.60. The van der Waals surface area contributed by atoms with Crippen LogP contribution >= 0.6 is 0 Å². The van der Waals surface area contributed by atoms with E-state index in [0.29, 0.717) is 6.42 Å². The lowest BCUT2D eigenvalue weighted by molar-refractivity contribution is -0.137. The average Bonchev–Trinajstić information content (AvgIpc) is 2.82. The second-order valence-corrected chi connectivity index (χ2v) is 5.46. The van der Waals surface area contributed by atoms with Crippen molar-refractivity contribution in [3.05, 3.63) is 64.7 Å². The quantitative estimate of drug-likeness (QED) is 0.889. The highest BCUT2D eigenvalue weighted by Gasteiger charge is 2.33. The third kappa shape index (κ3) is 2.88. The molecule has 0 saturated heterocycles. The van der Waals surface area contributed by atoms with E-state index in [-0.39, 0.29) is 11.3 Å². The number of aliphatic hydroxyl groups excluding tert-OH is 1. The van der Waals surface area contributed by atoms with Crippen LogP contribution < -0.4 is 5.32 Å². The summed E-state index contributed by atoms with van der Waals surface area (Å²) in [7, 11) is 0. The second-order valence-electron chi connectivity index (χ2n) is 5.46. The molecule has 2 atom stereocenters. The molecule has 0 heterocycles. The predicted molar refractivity (Wildman–Crippen MR) is 78.7 cm³/mol. The maximum absolute atomic E-state index is 12.7. The Bertz CT molecular complexity index is 780. The summed E-state index contributed by atoms with van der Waals surface area (Å²) in [6.45, 7) is 0. The molecule has 1 aliphatic carbocycles. The summed E-state index contributed by atoms with van der Waals surface area (Å²) in [5, 5.41) is 22.3. The summed E-state index contributed by atoms with van der Waals surface area (Å²) in [5.74, 6) is 0. The lowest BCUT2D eigenvalue weighted by Gasteiger charge is -2.20. The molecule has 0 spiro atoms. The first-order valence-corrected chi connectivity index (χ1v) is 7.04. The van der Waals surface area contributed by atoms with E-state index in [1.165, 1.54) is 6.07 Å². The van der Waals surface area contributed by atoms with E-state index in [4.69, 9.17) is 5.26 Å². The van der Waals surface area contributed by atoms with Crippen molar-refractivity contribution in [1.29, 1.82) is 5.26 Å². The normalized spacial score (nSPS) is 20.0. The SMILES string of the molecule is N#Cc1cc(C(F)(F)F)ccc1N[C@H]1c2ccccc2C[C@H]1O. The van der Waals surface area contributed by atoms with Crippen molar-refractivity contribution in [2.45, 2.75) is 24.7 Å². The third-order valence-corrected chi connectivity index (χ3v) is 3.98. The van der Waals surface area contributed by atoms with E-state index in [2.05, 4.69) is 5.32 Å². The van der Waals surface area contributed by atoms with Crippen molar-refractivity contribution in [3.63, 3.8) is 0 Å². The van der Waals surface area contributed by atoms with Gasteiger partial charge in [0, 0.05) is 6.42 Å². The Balaban J connectivity index is 1.94. The van der Waals surface area contributed by atoms with Gasteiger partial charge in [-0.05, 0) is 29.3 Å². The molecule has 0 radical (unpaired) electrons. The Kier molecular flexibility index (Phi) is 3.74. The van der Waals surface area contributed by atoms with Crippen LogP contribution in [0.25, 0.3) is 0 Å². The number of aliphatic hydroxyl groups is 1. The molecule has 0 saturated carbocycles. The zero-order chi connectivity index (χ0) is 16.6. The van der Waals surface area contributed by atoms with Gasteiger partial charge in [0.15, 0.2) is 0 Å². The Morgan fingerprint density at radius 3 is 2.61 bits per heavy atom. The maximum atomic E-state index is 12.7. The number of rotatable bonds is 2. The predicted octanol–water partition coefficient (Wildman–Crippen LogP) is 3.65. The summed E-state index contributed by atoms with van der Waals surface area (Å²) >= 11 is 0. The fraction of sp³-hybridized carbons (Fsp3) is 0.235. The fourth-order valence-electron chi connectivity index (χ4n) is 2.85. The number of halogens is 3. The monoisotopic (exact) mass is 318 g/mol. The van der Waals surface area contributed by atoms with Crippen molar-refractivity contribution in [1.82, 2.24) is 0 Å². The van der Waals surface area contributed by atoms with E-state index in [1.54, 1.807) is 6.07 Å². The van der Waals surface area contributed by atoms with E-state index >= 15 is 0 Å².